The Balaban J connectivity index is 2.17. The van der Waals surface area contributed by atoms with Crippen LogP contribution in [-0.4, -0.2) is 11.7 Å². The van der Waals surface area contributed by atoms with Crippen molar-refractivity contribution in [2.75, 3.05) is 6.61 Å². The lowest BCUT2D eigenvalue weighted by Gasteiger charge is -2.19. The maximum Gasteiger partial charge on any atom is 0.136 e. The van der Waals surface area contributed by atoms with E-state index in [-0.39, 0.29) is 0 Å². The van der Waals surface area contributed by atoms with Gasteiger partial charge in [0, 0.05) is 0 Å². The molecule has 0 spiro atoms. The molecule has 3 heteroatoms. The molecule has 0 aliphatic carbocycles. The molecule has 0 radical (unpaired) electrons. The molecule has 1 aromatic rings. The van der Waals surface area contributed by atoms with Crippen LogP contribution < -0.4 is 0 Å². The molecule has 0 saturated heterocycles. The number of hydrogen-bond donors (Lipinski definition) is 1. The summed E-state index contributed by atoms with van der Waals surface area (Å²) in [6, 6.07) is 8.94. The number of aliphatic hydroxyl groups is 1. The Morgan fingerprint density at radius 3 is 2.62 bits per heavy atom. The van der Waals surface area contributed by atoms with Gasteiger partial charge in [-0.15, -0.1) is 0 Å². The third-order valence-corrected chi connectivity index (χ3v) is 2.59. The van der Waals surface area contributed by atoms with Crippen molar-refractivity contribution in [2.45, 2.75) is 18.9 Å². The van der Waals surface area contributed by atoms with Gasteiger partial charge >= 0.3 is 0 Å². The van der Waals surface area contributed by atoms with Crippen LogP contribution in [0.3, 0.4) is 0 Å². The van der Waals surface area contributed by atoms with Crippen LogP contribution >= 0.6 is 0 Å². The van der Waals surface area contributed by atoms with Crippen molar-refractivity contribution in [3.8, 4) is 6.07 Å². The highest BCUT2D eigenvalue weighted by molar-refractivity contribution is 5.34. The van der Waals surface area contributed by atoms with E-state index in [4.69, 9.17) is 10.00 Å². The number of rotatable bonds is 2. The van der Waals surface area contributed by atoms with Gasteiger partial charge in [-0.05, 0) is 36.6 Å². The lowest BCUT2D eigenvalue weighted by molar-refractivity contribution is 0.0918. The minimum absolute atomic E-state index is 0.592. The third kappa shape index (κ3) is 2.23. The van der Waals surface area contributed by atoms with Crippen molar-refractivity contribution in [1.82, 2.24) is 0 Å². The Morgan fingerprint density at radius 2 is 2.06 bits per heavy atom. The fraction of sp³-hybridized carbons (Fsp3) is 0.308. The Bertz CT molecular complexity index is 428. The summed E-state index contributed by atoms with van der Waals surface area (Å²) < 4.78 is 5.40. The fourth-order valence-electron chi connectivity index (χ4n) is 1.67. The Morgan fingerprint density at radius 1 is 1.31 bits per heavy atom. The van der Waals surface area contributed by atoms with Crippen LogP contribution in [0.2, 0.25) is 0 Å². The largest absolute Gasteiger partial charge is 0.495 e. The molecule has 2 rings (SSSR count). The van der Waals surface area contributed by atoms with Gasteiger partial charge in [0.05, 0.1) is 18.2 Å². The summed E-state index contributed by atoms with van der Waals surface area (Å²) in [7, 11) is 0. The van der Waals surface area contributed by atoms with Gasteiger partial charge in [-0.2, -0.15) is 5.26 Å². The van der Waals surface area contributed by atoms with Gasteiger partial charge in [0.15, 0.2) is 0 Å². The molecule has 1 aromatic carbocycles. The number of nitrogens with zero attached hydrogens (tertiary/aromatic N) is 1. The number of aliphatic hydroxyl groups excluding tert-OH is 1. The highest BCUT2D eigenvalue weighted by Gasteiger charge is 2.16. The molecular formula is C13H13NO2. The number of benzene rings is 1. The zero-order chi connectivity index (χ0) is 11.4. The summed E-state index contributed by atoms with van der Waals surface area (Å²) in [5, 5.41) is 18.7. The summed E-state index contributed by atoms with van der Waals surface area (Å²) in [4.78, 5) is 0. The third-order valence-electron chi connectivity index (χ3n) is 2.59. The van der Waals surface area contributed by atoms with Crippen molar-refractivity contribution in [3.05, 3.63) is 47.2 Å². The predicted octanol–water partition coefficient (Wildman–Crippen LogP) is 2.29. The SMILES string of the molecule is N#Cc1ccc(C(O)C2=CCCCO2)cc1. The minimum atomic E-state index is -0.715. The number of nitriles is 1. The van der Waals surface area contributed by atoms with Crippen molar-refractivity contribution in [3.63, 3.8) is 0 Å². The first-order valence-corrected chi connectivity index (χ1v) is 5.32. The topological polar surface area (TPSA) is 53.2 Å². The van der Waals surface area contributed by atoms with Crippen molar-refractivity contribution in [1.29, 1.82) is 5.26 Å². The van der Waals surface area contributed by atoms with E-state index < -0.39 is 6.10 Å². The number of ether oxygens (including phenoxy) is 1. The first-order chi connectivity index (χ1) is 7.81. The van der Waals surface area contributed by atoms with Crippen LogP contribution in [0, 0.1) is 11.3 Å². The molecule has 0 fully saturated rings. The van der Waals surface area contributed by atoms with E-state index in [1.165, 1.54) is 0 Å². The van der Waals surface area contributed by atoms with Crippen LogP contribution in [0.5, 0.6) is 0 Å². The van der Waals surface area contributed by atoms with Gasteiger partial charge in [-0.25, -0.2) is 0 Å². The van der Waals surface area contributed by atoms with Gasteiger partial charge < -0.3 is 9.84 Å². The lowest BCUT2D eigenvalue weighted by atomic mass is 10.0. The first-order valence-electron chi connectivity index (χ1n) is 5.32. The summed E-state index contributed by atoms with van der Waals surface area (Å²) in [6.07, 6.45) is 3.16. The normalized spacial score (nSPS) is 16.9. The monoisotopic (exact) mass is 215 g/mol. The Kier molecular flexibility index (Phi) is 3.23. The molecule has 1 atom stereocenters. The average Bonchev–Trinajstić information content (AvgIpc) is 2.39. The molecule has 0 saturated carbocycles. The van der Waals surface area contributed by atoms with E-state index in [1.807, 2.05) is 12.1 Å². The number of hydrogen-bond acceptors (Lipinski definition) is 3. The van der Waals surface area contributed by atoms with Crippen LogP contribution in [0.25, 0.3) is 0 Å². The van der Waals surface area contributed by atoms with Crippen molar-refractivity contribution >= 4 is 0 Å². The van der Waals surface area contributed by atoms with E-state index in [9.17, 15) is 5.11 Å². The van der Waals surface area contributed by atoms with E-state index in [2.05, 4.69) is 0 Å². The smallest absolute Gasteiger partial charge is 0.136 e. The zero-order valence-electron chi connectivity index (χ0n) is 8.89. The van der Waals surface area contributed by atoms with Gasteiger partial charge in [0.25, 0.3) is 0 Å². The first kappa shape index (κ1) is 10.7. The molecular weight excluding hydrogens is 202 g/mol. The zero-order valence-corrected chi connectivity index (χ0v) is 8.89. The highest BCUT2D eigenvalue weighted by Crippen LogP contribution is 2.25. The summed E-state index contributed by atoms with van der Waals surface area (Å²) in [5.41, 5.74) is 1.35. The highest BCUT2D eigenvalue weighted by atomic mass is 16.5. The van der Waals surface area contributed by atoms with Gasteiger partial charge in [0.2, 0.25) is 0 Å². The molecule has 1 aliphatic heterocycles. The second-order valence-electron chi connectivity index (χ2n) is 3.73. The average molecular weight is 215 g/mol. The molecule has 82 valence electrons. The molecule has 1 heterocycles. The molecule has 3 nitrogen and oxygen atoms in total. The summed E-state index contributed by atoms with van der Waals surface area (Å²) in [5.74, 6) is 0.621. The van der Waals surface area contributed by atoms with Crippen LogP contribution in [0.4, 0.5) is 0 Å². The summed E-state index contributed by atoms with van der Waals surface area (Å²) in [6.45, 7) is 0.666. The maximum atomic E-state index is 10.0. The molecule has 1 aliphatic rings. The van der Waals surface area contributed by atoms with E-state index in [0.717, 1.165) is 18.4 Å². The van der Waals surface area contributed by atoms with E-state index in [0.29, 0.717) is 17.9 Å². The predicted molar refractivity (Wildman–Crippen MR) is 59.4 cm³/mol. The van der Waals surface area contributed by atoms with E-state index >= 15 is 0 Å². The van der Waals surface area contributed by atoms with Gasteiger partial charge in [-0.1, -0.05) is 12.1 Å². The second-order valence-corrected chi connectivity index (χ2v) is 3.73. The van der Waals surface area contributed by atoms with Gasteiger partial charge in [0.1, 0.15) is 11.9 Å². The number of allylic oxidation sites excluding steroid dienone is 1. The van der Waals surface area contributed by atoms with Crippen LogP contribution in [-0.2, 0) is 4.74 Å². The van der Waals surface area contributed by atoms with E-state index in [1.54, 1.807) is 24.3 Å². The summed E-state index contributed by atoms with van der Waals surface area (Å²) >= 11 is 0. The fourth-order valence-corrected chi connectivity index (χ4v) is 1.67. The molecule has 16 heavy (non-hydrogen) atoms. The maximum absolute atomic E-state index is 10.0. The minimum Gasteiger partial charge on any atom is -0.495 e. The molecule has 1 N–H and O–H groups in total. The van der Waals surface area contributed by atoms with Crippen LogP contribution in [0.1, 0.15) is 30.1 Å². The van der Waals surface area contributed by atoms with Crippen molar-refractivity contribution < 1.29 is 9.84 Å². The Labute approximate surface area is 94.6 Å². The molecule has 0 amide bonds. The van der Waals surface area contributed by atoms with Gasteiger partial charge in [-0.3, -0.25) is 0 Å². The van der Waals surface area contributed by atoms with Crippen molar-refractivity contribution in [2.24, 2.45) is 0 Å². The lowest BCUT2D eigenvalue weighted by Crippen LogP contribution is -2.09. The Hall–Kier alpha value is -1.79. The quantitative estimate of drug-likeness (QED) is 0.823. The standard InChI is InChI=1S/C13H13NO2/c14-9-10-4-6-11(7-5-10)13(15)12-3-1-2-8-16-12/h3-7,13,15H,1-2,8H2. The molecule has 0 bridgehead atoms. The molecule has 0 aromatic heterocycles. The molecule has 1 unspecified atom stereocenters. The van der Waals surface area contributed by atoms with Crippen LogP contribution in [0.15, 0.2) is 36.1 Å². The second kappa shape index (κ2) is 4.82.